The van der Waals surface area contributed by atoms with E-state index in [1.165, 1.54) is 64.2 Å². The fourth-order valence-corrected chi connectivity index (χ4v) is 3.26. The third-order valence-electron chi connectivity index (χ3n) is 5.06. The average molecular weight is 369 g/mol. The molecule has 0 heterocycles. The van der Waals surface area contributed by atoms with E-state index in [0.717, 1.165) is 12.8 Å². The van der Waals surface area contributed by atoms with Crippen LogP contribution in [0.3, 0.4) is 0 Å². The van der Waals surface area contributed by atoms with Crippen LogP contribution in [0.15, 0.2) is 0 Å². The number of carbonyl (C=O) groups excluding carboxylic acids is 2. The van der Waals surface area contributed by atoms with Gasteiger partial charge >= 0.3 is 5.97 Å². The van der Waals surface area contributed by atoms with Crippen LogP contribution in [0.4, 0.5) is 0 Å². The van der Waals surface area contributed by atoms with Gasteiger partial charge in [-0.3, -0.25) is 9.59 Å². The van der Waals surface area contributed by atoms with Crippen LogP contribution >= 0.6 is 0 Å². The van der Waals surface area contributed by atoms with Crippen LogP contribution in [0.1, 0.15) is 124 Å². The Morgan fingerprint density at radius 2 is 1.19 bits per heavy atom. The topological polar surface area (TPSA) is 43.4 Å². The Morgan fingerprint density at radius 1 is 0.654 bits per heavy atom. The lowest BCUT2D eigenvalue weighted by Crippen LogP contribution is -2.15. The van der Waals surface area contributed by atoms with Crippen LogP contribution in [0, 0.1) is 5.92 Å². The number of esters is 1. The molecule has 0 aromatic carbocycles. The molecule has 0 spiro atoms. The molecule has 3 heteroatoms. The van der Waals surface area contributed by atoms with Crippen LogP contribution < -0.4 is 0 Å². The van der Waals surface area contributed by atoms with Gasteiger partial charge in [0.25, 0.3) is 0 Å². The molecule has 0 saturated heterocycles. The Bertz CT molecular complexity index is 328. The van der Waals surface area contributed by atoms with Crippen molar-refractivity contribution in [3.63, 3.8) is 0 Å². The summed E-state index contributed by atoms with van der Waals surface area (Å²) >= 11 is 0. The standard InChI is InChI=1S/C23H44O3/c1-4-7-10-13-17-22(24)18-14-19-23(25)26-20-21(15-11-8-5-2)16-12-9-6-3/h21H,4-20H2,1-3H3. The predicted octanol–water partition coefficient (Wildman–Crippen LogP) is 7.02. The van der Waals surface area contributed by atoms with Gasteiger partial charge in [-0.1, -0.05) is 78.6 Å². The number of hydrogen-bond donors (Lipinski definition) is 0. The van der Waals surface area contributed by atoms with Gasteiger partial charge in [0, 0.05) is 19.3 Å². The highest BCUT2D eigenvalue weighted by Crippen LogP contribution is 2.18. The maximum atomic E-state index is 12.0. The summed E-state index contributed by atoms with van der Waals surface area (Å²) in [5, 5.41) is 0. The maximum absolute atomic E-state index is 12.0. The summed E-state index contributed by atoms with van der Waals surface area (Å²) in [5.74, 6) is 0.683. The zero-order valence-corrected chi connectivity index (χ0v) is 17.8. The van der Waals surface area contributed by atoms with Gasteiger partial charge in [0.1, 0.15) is 5.78 Å². The molecule has 0 bridgehead atoms. The molecule has 0 aromatic heterocycles. The first kappa shape index (κ1) is 25.1. The fourth-order valence-electron chi connectivity index (χ4n) is 3.26. The molecule has 0 amide bonds. The smallest absolute Gasteiger partial charge is 0.305 e. The zero-order valence-electron chi connectivity index (χ0n) is 17.8. The van der Waals surface area contributed by atoms with Crippen molar-refractivity contribution in [1.29, 1.82) is 0 Å². The highest BCUT2D eigenvalue weighted by Gasteiger charge is 2.12. The Kier molecular flexibility index (Phi) is 18.3. The number of rotatable bonds is 19. The minimum absolute atomic E-state index is 0.125. The van der Waals surface area contributed by atoms with E-state index in [-0.39, 0.29) is 5.97 Å². The molecular formula is C23H44O3. The second-order valence-corrected chi connectivity index (χ2v) is 7.74. The summed E-state index contributed by atoms with van der Waals surface area (Å²) in [5.41, 5.74) is 0. The number of hydrogen-bond acceptors (Lipinski definition) is 3. The van der Waals surface area contributed by atoms with Gasteiger partial charge in [0.15, 0.2) is 0 Å². The summed E-state index contributed by atoms with van der Waals surface area (Å²) in [6.45, 7) is 7.18. The second kappa shape index (κ2) is 18.9. The molecule has 0 aliphatic rings. The summed E-state index contributed by atoms with van der Waals surface area (Å²) in [6, 6.07) is 0. The molecule has 3 nitrogen and oxygen atoms in total. The third-order valence-corrected chi connectivity index (χ3v) is 5.06. The largest absolute Gasteiger partial charge is 0.465 e. The first-order chi connectivity index (χ1) is 12.6. The normalized spacial score (nSPS) is 11.1. The minimum atomic E-state index is -0.125. The van der Waals surface area contributed by atoms with Gasteiger partial charge < -0.3 is 4.74 Å². The third kappa shape index (κ3) is 16.6. The molecule has 0 atom stereocenters. The SMILES string of the molecule is CCCCCCC(=O)CCCC(=O)OCC(CCCCC)CCCCC. The fraction of sp³-hybridized carbons (Fsp3) is 0.913. The van der Waals surface area contributed by atoms with Crippen molar-refractivity contribution in [1.82, 2.24) is 0 Å². The van der Waals surface area contributed by atoms with E-state index in [2.05, 4.69) is 20.8 Å². The van der Waals surface area contributed by atoms with Crippen LogP contribution in [0.5, 0.6) is 0 Å². The molecule has 0 saturated carbocycles. The molecule has 0 aliphatic carbocycles. The van der Waals surface area contributed by atoms with Crippen molar-refractivity contribution >= 4 is 11.8 Å². The monoisotopic (exact) mass is 368 g/mol. The number of carbonyl (C=O) groups is 2. The van der Waals surface area contributed by atoms with Crippen LogP contribution in [-0.4, -0.2) is 18.4 Å². The van der Waals surface area contributed by atoms with Crippen molar-refractivity contribution in [3.05, 3.63) is 0 Å². The van der Waals surface area contributed by atoms with E-state index in [4.69, 9.17) is 4.74 Å². The van der Waals surface area contributed by atoms with Gasteiger partial charge in [0.2, 0.25) is 0 Å². The second-order valence-electron chi connectivity index (χ2n) is 7.74. The molecule has 0 fully saturated rings. The Hall–Kier alpha value is -0.860. The highest BCUT2D eigenvalue weighted by molar-refractivity contribution is 5.79. The zero-order chi connectivity index (χ0) is 19.5. The van der Waals surface area contributed by atoms with Crippen LogP contribution in [-0.2, 0) is 14.3 Å². The molecule has 0 aliphatic heterocycles. The summed E-state index contributed by atoms with van der Waals surface area (Å²) < 4.78 is 5.51. The first-order valence-electron chi connectivity index (χ1n) is 11.3. The molecule has 0 N–H and O–H groups in total. The van der Waals surface area contributed by atoms with Crippen LogP contribution in [0.2, 0.25) is 0 Å². The van der Waals surface area contributed by atoms with E-state index in [0.29, 0.717) is 44.0 Å². The van der Waals surface area contributed by atoms with E-state index in [1.54, 1.807) is 0 Å². The molecular weight excluding hydrogens is 324 g/mol. The predicted molar refractivity (Wildman–Crippen MR) is 110 cm³/mol. The molecule has 0 aromatic rings. The minimum Gasteiger partial charge on any atom is -0.465 e. The Balaban J connectivity index is 3.86. The van der Waals surface area contributed by atoms with Crippen molar-refractivity contribution in [2.45, 2.75) is 124 Å². The summed E-state index contributed by atoms with van der Waals surface area (Å²) in [6.07, 6.45) is 16.5. The van der Waals surface area contributed by atoms with Crippen molar-refractivity contribution in [3.8, 4) is 0 Å². The molecule has 26 heavy (non-hydrogen) atoms. The van der Waals surface area contributed by atoms with E-state index in [9.17, 15) is 9.59 Å². The maximum Gasteiger partial charge on any atom is 0.305 e. The van der Waals surface area contributed by atoms with Crippen molar-refractivity contribution < 1.29 is 14.3 Å². The van der Waals surface area contributed by atoms with Gasteiger partial charge in [-0.2, -0.15) is 0 Å². The van der Waals surface area contributed by atoms with Gasteiger partial charge in [-0.25, -0.2) is 0 Å². The quantitative estimate of drug-likeness (QED) is 0.182. The number of ether oxygens (including phenoxy) is 1. The van der Waals surface area contributed by atoms with Gasteiger partial charge in [-0.05, 0) is 31.6 Å². The molecule has 0 unspecified atom stereocenters. The van der Waals surface area contributed by atoms with E-state index < -0.39 is 0 Å². The van der Waals surface area contributed by atoms with E-state index >= 15 is 0 Å². The number of ketones is 1. The van der Waals surface area contributed by atoms with Gasteiger partial charge in [-0.15, -0.1) is 0 Å². The van der Waals surface area contributed by atoms with Crippen molar-refractivity contribution in [2.75, 3.05) is 6.61 Å². The molecule has 0 radical (unpaired) electrons. The number of unbranched alkanes of at least 4 members (excludes halogenated alkanes) is 7. The molecule has 0 rings (SSSR count). The lowest BCUT2D eigenvalue weighted by atomic mass is 9.96. The summed E-state index contributed by atoms with van der Waals surface area (Å²) in [7, 11) is 0. The highest BCUT2D eigenvalue weighted by atomic mass is 16.5. The summed E-state index contributed by atoms with van der Waals surface area (Å²) in [4.78, 5) is 23.7. The van der Waals surface area contributed by atoms with Gasteiger partial charge in [0.05, 0.1) is 6.61 Å². The lowest BCUT2D eigenvalue weighted by Gasteiger charge is -2.17. The van der Waals surface area contributed by atoms with Crippen LogP contribution in [0.25, 0.3) is 0 Å². The molecule has 154 valence electrons. The Morgan fingerprint density at radius 3 is 1.77 bits per heavy atom. The van der Waals surface area contributed by atoms with Crippen molar-refractivity contribution in [2.24, 2.45) is 5.92 Å². The van der Waals surface area contributed by atoms with E-state index in [1.807, 2.05) is 0 Å². The average Bonchev–Trinajstić information content (AvgIpc) is 2.63. The first-order valence-corrected chi connectivity index (χ1v) is 11.3. The Labute approximate surface area is 162 Å². The lowest BCUT2D eigenvalue weighted by molar-refractivity contribution is -0.145. The number of Topliss-reactive ketones (excluding diaryl/α,β-unsaturated/α-hetero) is 1.